The number of nitrogens with one attached hydrogen (secondary N) is 3. The minimum Gasteiger partial charge on any atom is -0.334 e. The predicted molar refractivity (Wildman–Crippen MR) is 120 cm³/mol. The number of rotatable bonds is 8. The molecule has 0 aromatic heterocycles. The maximum absolute atomic E-state index is 12.9. The van der Waals surface area contributed by atoms with Crippen molar-refractivity contribution in [2.24, 2.45) is 0 Å². The second-order valence-electron chi connectivity index (χ2n) is 8.07. The van der Waals surface area contributed by atoms with Crippen LogP contribution in [0.25, 0.3) is 0 Å². The first-order chi connectivity index (χ1) is 15.0. The molecule has 0 saturated heterocycles. The van der Waals surface area contributed by atoms with Crippen LogP contribution in [0.5, 0.6) is 0 Å². The van der Waals surface area contributed by atoms with Gasteiger partial charge in [-0.05, 0) is 49.2 Å². The van der Waals surface area contributed by atoms with E-state index in [-0.39, 0.29) is 24.8 Å². The zero-order valence-electron chi connectivity index (χ0n) is 18.0. The number of carbonyl (C=O) groups is 2. The van der Waals surface area contributed by atoms with Crippen LogP contribution < -0.4 is 16.0 Å². The summed E-state index contributed by atoms with van der Waals surface area (Å²) >= 11 is 0. The first-order valence-electron chi connectivity index (χ1n) is 10.9. The van der Waals surface area contributed by atoms with Gasteiger partial charge in [-0.25, -0.2) is 9.18 Å². The largest absolute Gasteiger partial charge is 0.334 e. The molecule has 0 aliphatic heterocycles. The normalized spacial score (nSPS) is 14.3. The van der Waals surface area contributed by atoms with E-state index in [2.05, 4.69) is 27.9 Å². The number of amides is 3. The molecule has 31 heavy (non-hydrogen) atoms. The number of anilines is 1. The Morgan fingerprint density at radius 3 is 2.45 bits per heavy atom. The van der Waals surface area contributed by atoms with Gasteiger partial charge in [0.2, 0.25) is 5.91 Å². The minimum absolute atomic E-state index is 0.137. The number of halogens is 1. The lowest BCUT2D eigenvalue weighted by molar-refractivity contribution is -0.115. The number of hydrogen-bond acceptors (Lipinski definition) is 3. The molecule has 166 valence electrons. The van der Waals surface area contributed by atoms with Crippen LogP contribution >= 0.6 is 0 Å². The monoisotopic (exact) mass is 426 g/mol. The van der Waals surface area contributed by atoms with Gasteiger partial charge in [-0.3, -0.25) is 9.69 Å². The van der Waals surface area contributed by atoms with Crippen molar-refractivity contribution < 1.29 is 14.0 Å². The number of carbonyl (C=O) groups excluding carboxylic acids is 2. The van der Waals surface area contributed by atoms with E-state index in [1.807, 2.05) is 24.3 Å². The van der Waals surface area contributed by atoms with Crippen LogP contribution in [0.4, 0.5) is 14.9 Å². The van der Waals surface area contributed by atoms with Crippen molar-refractivity contribution in [1.29, 1.82) is 0 Å². The van der Waals surface area contributed by atoms with E-state index in [0.29, 0.717) is 6.04 Å². The Hall–Kier alpha value is -2.93. The molecule has 3 rings (SSSR count). The Morgan fingerprint density at radius 1 is 1.00 bits per heavy atom. The first-order valence-corrected chi connectivity index (χ1v) is 10.9. The van der Waals surface area contributed by atoms with Crippen LogP contribution in [0.2, 0.25) is 0 Å². The molecule has 1 aliphatic rings. The highest BCUT2D eigenvalue weighted by Crippen LogP contribution is 2.24. The van der Waals surface area contributed by atoms with Gasteiger partial charge in [0.05, 0.1) is 6.54 Å². The van der Waals surface area contributed by atoms with E-state index in [4.69, 9.17) is 0 Å². The molecular formula is C24H31FN4O2. The first kappa shape index (κ1) is 22.7. The third kappa shape index (κ3) is 7.36. The zero-order valence-corrected chi connectivity index (χ0v) is 18.0. The van der Waals surface area contributed by atoms with Gasteiger partial charge >= 0.3 is 6.03 Å². The van der Waals surface area contributed by atoms with Crippen LogP contribution in [0.15, 0.2) is 48.5 Å². The van der Waals surface area contributed by atoms with Crippen molar-refractivity contribution >= 4 is 17.6 Å². The van der Waals surface area contributed by atoms with E-state index >= 15 is 0 Å². The van der Waals surface area contributed by atoms with Gasteiger partial charge in [0.25, 0.3) is 0 Å². The molecule has 1 fully saturated rings. The molecule has 3 amide bonds. The molecule has 0 heterocycles. The Morgan fingerprint density at radius 2 is 1.71 bits per heavy atom. The van der Waals surface area contributed by atoms with Gasteiger partial charge in [0.15, 0.2) is 0 Å². The summed E-state index contributed by atoms with van der Waals surface area (Å²) in [5.41, 5.74) is 2.60. The molecule has 1 aliphatic carbocycles. The van der Waals surface area contributed by atoms with Gasteiger partial charge in [-0.2, -0.15) is 0 Å². The van der Waals surface area contributed by atoms with Crippen LogP contribution in [0, 0.1) is 5.82 Å². The van der Waals surface area contributed by atoms with E-state index in [9.17, 15) is 14.0 Å². The fourth-order valence-corrected chi connectivity index (χ4v) is 3.90. The summed E-state index contributed by atoms with van der Waals surface area (Å²) in [6, 6.07) is 13.8. The number of benzene rings is 2. The van der Waals surface area contributed by atoms with E-state index in [1.54, 1.807) is 12.1 Å². The Bertz CT molecular complexity index is 866. The summed E-state index contributed by atoms with van der Waals surface area (Å²) < 4.78 is 12.9. The topological polar surface area (TPSA) is 73.5 Å². The van der Waals surface area contributed by atoms with Gasteiger partial charge in [-0.1, -0.05) is 49.6 Å². The van der Waals surface area contributed by atoms with Gasteiger partial charge in [0.1, 0.15) is 5.82 Å². The minimum atomic E-state index is -0.454. The average Bonchev–Trinajstić information content (AvgIpc) is 2.79. The van der Waals surface area contributed by atoms with Crippen molar-refractivity contribution in [3.8, 4) is 0 Å². The molecule has 0 spiro atoms. The molecule has 3 N–H and O–H groups in total. The highest BCUT2D eigenvalue weighted by Gasteiger charge is 2.19. The molecule has 2 aromatic carbocycles. The smallest absolute Gasteiger partial charge is 0.315 e. The number of nitrogens with zero attached hydrogens (tertiary/aromatic N) is 1. The van der Waals surface area contributed by atoms with Gasteiger partial charge < -0.3 is 16.0 Å². The molecule has 7 heteroatoms. The Labute approximate surface area is 183 Å². The lowest BCUT2D eigenvalue weighted by atomic mass is 9.94. The van der Waals surface area contributed by atoms with Crippen molar-refractivity contribution in [2.75, 3.05) is 18.9 Å². The summed E-state index contributed by atoms with van der Waals surface area (Å²) in [5.74, 6) is -0.611. The lowest BCUT2D eigenvalue weighted by Crippen LogP contribution is -2.39. The van der Waals surface area contributed by atoms with E-state index in [0.717, 1.165) is 23.4 Å². The third-order valence-corrected chi connectivity index (χ3v) is 5.69. The summed E-state index contributed by atoms with van der Waals surface area (Å²) in [4.78, 5) is 26.7. The van der Waals surface area contributed by atoms with Crippen LogP contribution in [-0.4, -0.2) is 36.5 Å². The highest BCUT2D eigenvalue weighted by molar-refractivity contribution is 5.94. The molecule has 0 radical (unpaired) electrons. The molecule has 2 aromatic rings. The number of urea groups is 1. The van der Waals surface area contributed by atoms with Crippen LogP contribution in [0.3, 0.4) is 0 Å². The molecule has 0 unspecified atom stereocenters. The molecular weight excluding hydrogens is 395 g/mol. The molecule has 0 atom stereocenters. The van der Waals surface area contributed by atoms with Gasteiger partial charge in [0, 0.05) is 24.8 Å². The summed E-state index contributed by atoms with van der Waals surface area (Å²) in [6.45, 7) is 0.888. The average molecular weight is 427 g/mol. The third-order valence-electron chi connectivity index (χ3n) is 5.69. The second kappa shape index (κ2) is 11.5. The summed E-state index contributed by atoms with van der Waals surface area (Å²) in [7, 11) is 2.14. The quantitative estimate of drug-likeness (QED) is 0.597. The maximum atomic E-state index is 12.9. The highest BCUT2D eigenvalue weighted by atomic mass is 19.1. The second-order valence-corrected chi connectivity index (χ2v) is 8.07. The molecule has 0 bridgehead atoms. The fraction of sp³-hybridized carbons (Fsp3) is 0.417. The van der Waals surface area contributed by atoms with E-state index in [1.165, 1.54) is 44.2 Å². The predicted octanol–water partition coefficient (Wildman–Crippen LogP) is 4.03. The van der Waals surface area contributed by atoms with Crippen molar-refractivity contribution in [3.63, 3.8) is 0 Å². The van der Waals surface area contributed by atoms with Crippen LogP contribution in [-0.2, 0) is 17.9 Å². The zero-order chi connectivity index (χ0) is 22.1. The van der Waals surface area contributed by atoms with Crippen molar-refractivity contribution in [1.82, 2.24) is 15.5 Å². The van der Waals surface area contributed by atoms with Crippen molar-refractivity contribution in [3.05, 3.63) is 65.5 Å². The fourth-order valence-electron chi connectivity index (χ4n) is 3.90. The molecule has 6 nitrogen and oxygen atoms in total. The lowest BCUT2D eigenvalue weighted by Gasteiger charge is -2.31. The summed E-state index contributed by atoms with van der Waals surface area (Å²) in [5, 5.41) is 8.11. The summed E-state index contributed by atoms with van der Waals surface area (Å²) in [6.07, 6.45) is 6.33. The van der Waals surface area contributed by atoms with Crippen LogP contribution in [0.1, 0.15) is 43.2 Å². The SMILES string of the molecule is CN(Cc1ccccc1NC(=O)CNC(=O)NCc1ccc(F)cc1)C1CCCCC1. The standard InChI is InChI=1S/C24H31FN4O2/c1-29(21-8-3-2-4-9-21)17-19-7-5-6-10-22(19)28-23(30)16-27-24(31)26-15-18-11-13-20(25)14-12-18/h5-7,10-14,21H,2-4,8-9,15-17H2,1H3,(H,28,30)(H2,26,27,31). The molecule has 1 saturated carbocycles. The Balaban J connectivity index is 1.45. The van der Waals surface area contributed by atoms with E-state index < -0.39 is 6.03 Å². The Kier molecular flexibility index (Phi) is 8.41. The maximum Gasteiger partial charge on any atom is 0.315 e. The van der Waals surface area contributed by atoms with Crippen molar-refractivity contribution in [2.45, 2.75) is 51.2 Å². The number of hydrogen-bond donors (Lipinski definition) is 3. The number of para-hydroxylation sites is 1. The van der Waals surface area contributed by atoms with Gasteiger partial charge in [-0.15, -0.1) is 0 Å².